The van der Waals surface area contributed by atoms with E-state index in [1.54, 1.807) is 6.08 Å². The van der Waals surface area contributed by atoms with Crippen LogP contribution in [0.3, 0.4) is 0 Å². The monoisotopic (exact) mass is 311 g/mol. The zero-order valence-electron chi connectivity index (χ0n) is 11.6. The quantitative estimate of drug-likeness (QED) is 0.819. The molecule has 0 aliphatic heterocycles. The molecule has 0 aliphatic rings. The zero-order chi connectivity index (χ0) is 13.8. The Balaban J connectivity index is 2.70. The minimum Gasteiger partial charge on any atom is -0.485 e. The highest BCUT2D eigenvalue weighted by Gasteiger charge is 2.10. The topological polar surface area (TPSA) is 21.3 Å². The van der Waals surface area contributed by atoms with Gasteiger partial charge in [-0.2, -0.15) is 0 Å². The molecule has 3 heteroatoms. The molecule has 0 aliphatic carbocycles. The fourth-order valence-electron chi connectivity index (χ4n) is 1.37. The Hall–Kier alpha value is -0.800. The van der Waals surface area contributed by atoms with E-state index in [-0.39, 0.29) is 11.6 Å². The number of ether oxygens (including phenoxy) is 1. The van der Waals surface area contributed by atoms with Gasteiger partial charge in [0.1, 0.15) is 11.9 Å². The van der Waals surface area contributed by atoms with Gasteiger partial charge in [-0.3, -0.25) is 0 Å². The molecule has 0 heterocycles. The molecule has 1 aromatic rings. The van der Waals surface area contributed by atoms with Crippen LogP contribution in [0.4, 0.5) is 0 Å². The van der Waals surface area contributed by atoms with E-state index in [9.17, 15) is 0 Å². The minimum absolute atomic E-state index is 0.0138. The van der Waals surface area contributed by atoms with Crippen molar-refractivity contribution < 1.29 is 4.74 Å². The van der Waals surface area contributed by atoms with Gasteiger partial charge < -0.3 is 10.1 Å². The highest BCUT2D eigenvalue weighted by Crippen LogP contribution is 2.27. The van der Waals surface area contributed by atoms with E-state index < -0.39 is 0 Å². The molecule has 0 saturated carbocycles. The van der Waals surface area contributed by atoms with Crippen LogP contribution in [-0.4, -0.2) is 11.6 Å². The number of hydrogen-bond donors (Lipinski definition) is 1. The standard InChI is InChI=1S/C15H22BrNO/c1-6-11(2)18-14-8-7-12(9-13(14)16)10-17-15(3,4)5/h6-9,11,17H,1,10H2,2-5H3. The largest absolute Gasteiger partial charge is 0.485 e. The maximum atomic E-state index is 5.71. The summed E-state index contributed by atoms with van der Waals surface area (Å²) >= 11 is 3.54. The van der Waals surface area contributed by atoms with E-state index in [0.717, 1.165) is 16.8 Å². The van der Waals surface area contributed by atoms with Crippen LogP contribution in [0.5, 0.6) is 5.75 Å². The average molecular weight is 312 g/mol. The summed E-state index contributed by atoms with van der Waals surface area (Å²) in [5, 5.41) is 3.46. The highest BCUT2D eigenvalue weighted by molar-refractivity contribution is 9.10. The number of rotatable bonds is 5. The molecule has 0 radical (unpaired) electrons. The van der Waals surface area contributed by atoms with Gasteiger partial charge in [-0.15, -0.1) is 0 Å². The van der Waals surface area contributed by atoms with Crippen molar-refractivity contribution in [1.82, 2.24) is 5.32 Å². The lowest BCUT2D eigenvalue weighted by molar-refractivity contribution is 0.268. The lowest BCUT2D eigenvalue weighted by Gasteiger charge is -2.21. The SMILES string of the molecule is C=CC(C)Oc1ccc(CNC(C)(C)C)cc1Br. The van der Waals surface area contributed by atoms with E-state index in [2.05, 4.69) is 60.7 Å². The first-order chi connectivity index (χ1) is 8.31. The summed E-state index contributed by atoms with van der Waals surface area (Å²) in [6.45, 7) is 13.0. The number of benzene rings is 1. The number of nitrogens with one attached hydrogen (secondary N) is 1. The van der Waals surface area contributed by atoms with Gasteiger partial charge >= 0.3 is 0 Å². The van der Waals surface area contributed by atoms with Crippen molar-refractivity contribution in [1.29, 1.82) is 0 Å². The second-order valence-electron chi connectivity index (χ2n) is 5.43. The Morgan fingerprint density at radius 3 is 2.61 bits per heavy atom. The summed E-state index contributed by atoms with van der Waals surface area (Å²) in [7, 11) is 0. The van der Waals surface area contributed by atoms with Gasteiger partial charge in [-0.1, -0.05) is 18.7 Å². The molecular weight excluding hydrogens is 290 g/mol. The van der Waals surface area contributed by atoms with Gasteiger partial charge in [0.15, 0.2) is 0 Å². The molecule has 1 rings (SSSR count). The molecule has 0 fully saturated rings. The van der Waals surface area contributed by atoms with Gasteiger partial charge in [-0.05, 0) is 61.3 Å². The van der Waals surface area contributed by atoms with Crippen molar-refractivity contribution >= 4 is 15.9 Å². The minimum atomic E-state index is 0.0138. The third-order valence-electron chi connectivity index (χ3n) is 2.46. The van der Waals surface area contributed by atoms with E-state index in [4.69, 9.17) is 4.74 Å². The molecule has 1 unspecified atom stereocenters. The van der Waals surface area contributed by atoms with Crippen molar-refractivity contribution in [3.05, 3.63) is 40.9 Å². The van der Waals surface area contributed by atoms with E-state index >= 15 is 0 Å². The van der Waals surface area contributed by atoms with Gasteiger partial charge in [0.05, 0.1) is 4.47 Å². The normalized spacial score (nSPS) is 13.2. The van der Waals surface area contributed by atoms with Gasteiger partial charge in [0.2, 0.25) is 0 Å². The lowest BCUT2D eigenvalue weighted by Crippen LogP contribution is -2.35. The van der Waals surface area contributed by atoms with Crippen LogP contribution in [0.2, 0.25) is 0 Å². The molecule has 0 aromatic heterocycles. The fourth-order valence-corrected chi connectivity index (χ4v) is 1.89. The Morgan fingerprint density at radius 1 is 1.44 bits per heavy atom. The lowest BCUT2D eigenvalue weighted by atomic mass is 10.1. The van der Waals surface area contributed by atoms with Crippen LogP contribution in [-0.2, 0) is 6.54 Å². The maximum Gasteiger partial charge on any atom is 0.134 e. The molecular formula is C15H22BrNO. The smallest absolute Gasteiger partial charge is 0.134 e. The van der Waals surface area contributed by atoms with Crippen LogP contribution < -0.4 is 10.1 Å². The Bertz CT molecular complexity index is 409. The molecule has 1 N–H and O–H groups in total. The molecule has 100 valence electrons. The first-order valence-electron chi connectivity index (χ1n) is 6.14. The van der Waals surface area contributed by atoms with Crippen LogP contribution >= 0.6 is 15.9 Å². The molecule has 0 bridgehead atoms. The summed E-state index contributed by atoms with van der Waals surface area (Å²) in [6, 6.07) is 6.16. The number of hydrogen-bond acceptors (Lipinski definition) is 2. The third-order valence-corrected chi connectivity index (χ3v) is 3.08. The zero-order valence-corrected chi connectivity index (χ0v) is 13.2. The summed E-state index contributed by atoms with van der Waals surface area (Å²) in [6.07, 6.45) is 1.79. The molecule has 1 aromatic carbocycles. The van der Waals surface area contributed by atoms with Gasteiger partial charge in [-0.25, -0.2) is 0 Å². The van der Waals surface area contributed by atoms with Gasteiger partial charge in [0, 0.05) is 12.1 Å². The van der Waals surface area contributed by atoms with E-state index in [0.29, 0.717) is 0 Å². The van der Waals surface area contributed by atoms with Crippen molar-refractivity contribution in [2.75, 3.05) is 0 Å². The molecule has 0 saturated heterocycles. The molecule has 0 amide bonds. The first-order valence-corrected chi connectivity index (χ1v) is 6.94. The molecule has 18 heavy (non-hydrogen) atoms. The molecule has 0 spiro atoms. The predicted molar refractivity (Wildman–Crippen MR) is 81.0 cm³/mol. The first kappa shape index (κ1) is 15.3. The van der Waals surface area contributed by atoms with Crippen LogP contribution in [0.25, 0.3) is 0 Å². The van der Waals surface area contributed by atoms with Gasteiger partial charge in [0.25, 0.3) is 0 Å². The van der Waals surface area contributed by atoms with E-state index in [1.807, 2.05) is 13.0 Å². The number of halogens is 1. The second kappa shape index (κ2) is 6.39. The van der Waals surface area contributed by atoms with Crippen LogP contribution in [0.1, 0.15) is 33.3 Å². The third kappa shape index (κ3) is 5.23. The van der Waals surface area contributed by atoms with Crippen molar-refractivity contribution in [2.24, 2.45) is 0 Å². The molecule has 1 atom stereocenters. The Kier molecular flexibility index (Phi) is 5.42. The Labute approximate surface area is 119 Å². The summed E-state index contributed by atoms with van der Waals surface area (Å²) in [5.41, 5.74) is 1.36. The fraction of sp³-hybridized carbons (Fsp3) is 0.467. The van der Waals surface area contributed by atoms with E-state index in [1.165, 1.54) is 5.56 Å². The summed E-state index contributed by atoms with van der Waals surface area (Å²) in [5.74, 6) is 0.849. The highest BCUT2D eigenvalue weighted by atomic mass is 79.9. The van der Waals surface area contributed by atoms with Crippen molar-refractivity contribution in [3.63, 3.8) is 0 Å². The van der Waals surface area contributed by atoms with Crippen LogP contribution in [0, 0.1) is 0 Å². The van der Waals surface area contributed by atoms with Crippen molar-refractivity contribution in [3.8, 4) is 5.75 Å². The second-order valence-corrected chi connectivity index (χ2v) is 6.28. The predicted octanol–water partition coefficient (Wildman–Crippen LogP) is 4.29. The molecule has 2 nitrogen and oxygen atoms in total. The van der Waals surface area contributed by atoms with Crippen LogP contribution in [0.15, 0.2) is 35.3 Å². The Morgan fingerprint density at radius 2 is 2.11 bits per heavy atom. The van der Waals surface area contributed by atoms with Crippen molar-refractivity contribution in [2.45, 2.75) is 45.9 Å². The maximum absolute atomic E-state index is 5.71. The summed E-state index contributed by atoms with van der Waals surface area (Å²) in [4.78, 5) is 0. The summed E-state index contributed by atoms with van der Waals surface area (Å²) < 4.78 is 6.69. The average Bonchev–Trinajstić information content (AvgIpc) is 2.28.